The third kappa shape index (κ3) is 3.26. The van der Waals surface area contributed by atoms with Crippen LogP contribution in [0.4, 0.5) is 0 Å². The van der Waals surface area contributed by atoms with Crippen LogP contribution in [0.25, 0.3) is 11.3 Å². The van der Waals surface area contributed by atoms with Crippen molar-refractivity contribution in [1.29, 1.82) is 0 Å². The molecular formula is C17H18N2O3. The van der Waals surface area contributed by atoms with Crippen molar-refractivity contribution in [2.45, 2.75) is 6.42 Å². The van der Waals surface area contributed by atoms with Crippen molar-refractivity contribution in [3.8, 4) is 11.3 Å². The van der Waals surface area contributed by atoms with E-state index in [9.17, 15) is 9.59 Å². The average molecular weight is 298 g/mol. The zero-order chi connectivity index (χ0) is 15.4. The molecule has 0 unspecified atom stereocenters. The number of benzene rings is 1. The highest BCUT2D eigenvalue weighted by Gasteiger charge is 2.18. The summed E-state index contributed by atoms with van der Waals surface area (Å²) >= 11 is 0. The van der Waals surface area contributed by atoms with Gasteiger partial charge in [-0.2, -0.15) is 0 Å². The van der Waals surface area contributed by atoms with Crippen LogP contribution in [-0.2, 0) is 4.74 Å². The lowest BCUT2D eigenvalue weighted by Crippen LogP contribution is -2.33. The molecule has 5 nitrogen and oxygen atoms in total. The predicted octanol–water partition coefficient (Wildman–Crippen LogP) is 1.81. The van der Waals surface area contributed by atoms with Crippen molar-refractivity contribution in [1.82, 2.24) is 10.3 Å². The second kappa shape index (κ2) is 6.58. The molecule has 2 aromatic rings. The van der Waals surface area contributed by atoms with Crippen LogP contribution in [-0.4, -0.2) is 30.6 Å². The molecule has 114 valence electrons. The lowest BCUT2D eigenvalue weighted by Gasteiger charge is -2.09. The Hall–Kier alpha value is -2.40. The largest absolute Gasteiger partial charge is 0.381 e. The van der Waals surface area contributed by atoms with E-state index < -0.39 is 0 Å². The fourth-order valence-corrected chi connectivity index (χ4v) is 2.52. The summed E-state index contributed by atoms with van der Waals surface area (Å²) in [5.41, 5.74) is 1.38. The molecule has 1 atom stereocenters. The monoisotopic (exact) mass is 298 g/mol. The molecule has 3 rings (SSSR count). The Labute approximate surface area is 128 Å². The van der Waals surface area contributed by atoms with E-state index >= 15 is 0 Å². The Balaban J connectivity index is 1.71. The highest BCUT2D eigenvalue weighted by Crippen LogP contribution is 2.15. The Morgan fingerprint density at radius 3 is 2.73 bits per heavy atom. The third-order valence-corrected chi connectivity index (χ3v) is 3.81. The van der Waals surface area contributed by atoms with Crippen LogP contribution in [0.5, 0.6) is 0 Å². The first-order valence-electron chi connectivity index (χ1n) is 7.39. The van der Waals surface area contributed by atoms with E-state index in [2.05, 4.69) is 10.3 Å². The maximum absolute atomic E-state index is 12.1. The summed E-state index contributed by atoms with van der Waals surface area (Å²) in [5.74, 6) is -0.000569. The number of carbonyl (C=O) groups is 1. The maximum atomic E-state index is 12.1. The fourth-order valence-electron chi connectivity index (χ4n) is 2.52. The van der Waals surface area contributed by atoms with Gasteiger partial charge in [-0.15, -0.1) is 0 Å². The molecule has 1 aliphatic heterocycles. The zero-order valence-corrected chi connectivity index (χ0v) is 12.2. The van der Waals surface area contributed by atoms with Crippen molar-refractivity contribution in [3.63, 3.8) is 0 Å². The molecule has 0 spiro atoms. The molecule has 0 radical (unpaired) electrons. The molecule has 2 heterocycles. The Kier molecular flexibility index (Phi) is 4.34. The number of H-pyrrole nitrogens is 1. The number of pyridine rings is 1. The third-order valence-electron chi connectivity index (χ3n) is 3.81. The standard InChI is InChI=1S/C17H18N2O3/c20-16(18-10-12-8-9-22-11-12)14-6-7-15(19-17(14)21)13-4-2-1-3-5-13/h1-7,12H,8-11H2,(H,18,20)(H,19,21)/t12-/m0/s1. The van der Waals surface area contributed by atoms with Gasteiger partial charge in [-0.1, -0.05) is 30.3 Å². The van der Waals surface area contributed by atoms with Gasteiger partial charge in [-0.3, -0.25) is 9.59 Å². The minimum Gasteiger partial charge on any atom is -0.381 e. The van der Waals surface area contributed by atoms with Crippen LogP contribution < -0.4 is 10.9 Å². The number of hydrogen-bond acceptors (Lipinski definition) is 3. The van der Waals surface area contributed by atoms with Gasteiger partial charge in [0.25, 0.3) is 11.5 Å². The molecule has 0 saturated carbocycles. The molecule has 1 aliphatic rings. The van der Waals surface area contributed by atoms with Crippen LogP contribution in [0.3, 0.4) is 0 Å². The maximum Gasteiger partial charge on any atom is 0.261 e. The molecule has 1 amide bonds. The number of aromatic nitrogens is 1. The number of rotatable bonds is 4. The minimum absolute atomic E-state index is 0.138. The van der Waals surface area contributed by atoms with E-state index in [0.717, 1.165) is 18.6 Å². The van der Waals surface area contributed by atoms with E-state index in [1.54, 1.807) is 12.1 Å². The average Bonchev–Trinajstić information content (AvgIpc) is 3.07. The molecular weight excluding hydrogens is 280 g/mol. The summed E-state index contributed by atoms with van der Waals surface area (Å²) in [7, 11) is 0. The van der Waals surface area contributed by atoms with Crippen LogP contribution in [0.15, 0.2) is 47.3 Å². The first-order valence-corrected chi connectivity index (χ1v) is 7.39. The van der Waals surface area contributed by atoms with Gasteiger partial charge in [0.15, 0.2) is 0 Å². The highest BCUT2D eigenvalue weighted by molar-refractivity contribution is 5.94. The summed E-state index contributed by atoms with van der Waals surface area (Å²) in [4.78, 5) is 27.0. The van der Waals surface area contributed by atoms with Gasteiger partial charge >= 0.3 is 0 Å². The van der Waals surface area contributed by atoms with Gasteiger partial charge in [-0.25, -0.2) is 0 Å². The van der Waals surface area contributed by atoms with E-state index in [1.807, 2.05) is 30.3 Å². The number of ether oxygens (including phenoxy) is 1. The summed E-state index contributed by atoms with van der Waals surface area (Å²) in [5, 5.41) is 2.80. The van der Waals surface area contributed by atoms with Crippen LogP contribution in [0.2, 0.25) is 0 Å². The number of amides is 1. The lowest BCUT2D eigenvalue weighted by molar-refractivity contribution is 0.0943. The Morgan fingerprint density at radius 1 is 1.23 bits per heavy atom. The predicted molar refractivity (Wildman–Crippen MR) is 83.8 cm³/mol. The first-order chi connectivity index (χ1) is 10.7. The zero-order valence-electron chi connectivity index (χ0n) is 12.2. The second-order valence-corrected chi connectivity index (χ2v) is 5.42. The Morgan fingerprint density at radius 2 is 2.05 bits per heavy atom. The molecule has 1 saturated heterocycles. The first kappa shape index (κ1) is 14.5. The van der Waals surface area contributed by atoms with Crippen LogP contribution >= 0.6 is 0 Å². The van der Waals surface area contributed by atoms with Crippen LogP contribution in [0, 0.1) is 5.92 Å². The van der Waals surface area contributed by atoms with Crippen molar-refractivity contribution in [2.24, 2.45) is 5.92 Å². The van der Waals surface area contributed by atoms with E-state index in [0.29, 0.717) is 24.8 Å². The van der Waals surface area contributed by atoms with E-state index in [4.69, 9.17) is 4.74 Å². The summed E-state index contributed by atoms with van der Waals surface area (Å²) in [6.07, 6.45) is 0.948. The second-order valence-electron chi connectivity index (χ2n) is 5.42. The molecule has 5 heteroatoms. The van der Waals surface area contributed by atoms with Gasteiger partial charge in [0, 0.05) is 24.8 Å². The minimum atomic E-state index is -0.374. The topological polar surface area (TPSA) is 71.2 Å². The molecule has 22 heavy (non-hydrogen) atoms. The van der Waals surface area contributed by atoms with Crippen molar-refractivity contribution >= 4 is 5.91 Å². The van der Waals surface area contributed by atoms with Gasteiger partial charge in [-0.05, 0) is 24.1 Å². The quantitative estimate of drug-likeness (QED) is 0.904. The highest BCUT2D eigenvalue weighted by atomic mass is 16.5. The fraction of sp³-hybridized carbons (Fsp3) is 0.294. The summed E-state index contributed by atoms with van der Waals surface area (Å²) in [6, 6.07) is 12.9. The molecule has 2 N–H and O–H groups in total. The van der Waals surface area contributed by atoms with Gasteiger partial charge in [0.05, 0.1) is 6.61 Å². The molecule has 0 bridgehead atoms. The van der Waals surface area contributed by atoms with Crippen molar-refractivity contribution in [3.05, 3.63) is 58.4 Å². The van der Waals surface area contributed by atoms with E-state index in [-0.39, 0.29) is 17.0 Å². The smallest absolute Gasteiger partial charge is 0.261 e. The molecule has 1 aromatic carbocycles. The van der Waals surface area contributed by atoms with Gasteiger partial charge in [0.1, 0.15) is 5.56 Å². The van der Waals surface area contributed by atoms with Gasteiger partial charge < -0.3 is 15.0 Å². The normalized spacial score (nSPS) is 17.4. The molecule has 0 aliphatic carbocycles. The number of hydrogen-bond donors (Lipinski definition) is 2. The van der Waals surface area contributed by atoms with Crippen molar-refractivity contribution in [2.75, 3.05) is 19.8 Å². The SMILES string of the molecule is O=C(NC[C@@H]1CCOC1)c1ccc(-c2ccccc2)[nH]c1=O. The lowest BCUT2D eigenvalue weighted by atomic mass is 10.1. The number of nitrogens with one attached hydrogen (secondary N) is 2. The summed E-state index contributed by atoms with van der Waals surface area (Å²) in [6.45, 7) is 1.95. The van der Waals surface area contributed by atoms with E-state index in [1.165, 1.54) is 0 Å². The van der Waals surface area contributed by atoms with Gasteiger partial charge in [0.2, 0.25) is 0 Å². The Bertz CT molecular complexity index is 703. The van der Waals surface area contributed by atoms with Crippen LogP contribution in [0.1, 0.15) is 16.8 Å². The molecule has 1 aromatic heterocycles. The molecule has 1 fully saturated rings. The number of aromatic amines is 1. The van der Waals surface area contributed by atoms with Crippen molar-refractivity contribution < 1.29 is 9.53 Å². The number of carbonyl (C=O) groups excluding carboxylic acids is 1. The summed E-state index contributed by atoms with van der Waals surface area (Å²) < 4.78 is 5.26.